The van der Waals surface area contributed by atoms with Crippen LogP contribution in [0.3, 0.4) is 0 Å². The van der Waals surface area contributed by atoms with Crippen LogP contribution in [0.15, 0.2) is 83.9 Å². The van der Waals surface area contributed by atoms with E-state index >= 15 is 0 Å². The number of carbonyl (C=O) groups excluding carboxylic acids is 2. The van der Waals surface area contributed by atoms with Gasteiger partial charge in [-0.25, -0.2) is 9.58 Å². The quantitative estimate of drug-likeness (QED) is 0.345. The number of methoxy groups -OCH3 is 1. The topological polar surface area (TPSA) is 88.3 Å². The predicted octanol–water partition coefficient (Wildman–Crippen LogP) is 3.37. The van der Waals surface area contributed by atoms with E-state index in [0.717, 1.165) is 4.90 Å². The van der Waals surface area contributed by atoms with E-state index in [1.54, 1.807) is 90.6 Å². The molecule has 0 radical (unpaired) electrons. The second-order valence-electron chi connectivity index (χ2n) is 7.88. The van der Waals surface area contributed by atoms with E-state index in [4.69, 9.17) is 16.3 Å². The number of H-pyrrole nitrogens is 1. The lowest BCUT2D eigenvalue weighted by atomic mass is 10.1. The molecule has 0 saturated heterocycles. The van der Waals surface area contributed by atoms with Gasteiger partial charge in [0.25, 0.3) is 17.2 Å². The van der Waals surface area contributed by atoms with Crippen LogP contribution in [0.25, 0.3) is 17.0 Å². The Bertz CT molecular complexity index is 1550. The molecule has 0 unspecified atom stereocenters. The molecule has 9 heteroatoms. The molecule has 2 aromatic carbocycles. The number of imide groups is 1. The number of aryl methyl sites for hydroxylation is 1. The second-order valence-corrected chi connectivity index (χ2v) is 8.32. The third-order valence-corrected chi connectivity index (χ3v) is 5.99. The summed E-state index contributed by atoms with van der Waals surface area (Å²) in [6.45, 7) is 1.69. The van der Waals surface area contributed by atoms with Gasteiger partial charge in [-0.3, -0.25) is 19.5 Å². The summed E-state index contributed by atoms with van der Waals surface area (Å²) in [6, 6.07) is 18.6. The second kappa shape index (κ2) is 8.73. The fourth-order valence-electron chi connectivity index (χ4n) is 4.13. The fourth-order valence-corrected chi connectivity index (χ4v) is 4.32. The number of pyridine rings is 1. The Morgan fingerprint density at radius 3 is 2.26 bits per heavy atom. The fraction of sp³-hybridized carbons (Fsp3) is 0.0769. The number of amides is 2. The minimum atomic E-state index is -0.594. The summed E-state index contributed by atoms with van der Waals surface area (Å²) < 4.78 is 8.05. The maximum absolute atomic E-state index is 13.8. The summed E-state index contributed by atoms with van der Waals surface area (Å²) in [5.41, 5.74) is 1.07. The van der Waals surface area contributed by atoms with Crippen molar-refractivity contribution in [3.05, 3.63) is 106 Å². The van der Waals surface area contributed by atoms with Gasteiger partial charge in [0.1, 0.15) is 11.3 Å². The number of hydrogen-bond acceptors (Lipinski definition) is 4. The molecule has 1 aliphatic heterocycles. The van der Waals surface area contributed by atoms with Crippen molar-refractivity contribution in [3.8, 4) is 11.4 Å². The number of nitrogens with zero attached hydrogens (tertiary/aromatic N) is 3. The number of halogens is 1. The van der Waals surface area contributed by atoms with Gasteiger partial charge in [-0.2, -0.15) is 4.57 Å². The van der Waals surface area contributed by atoms with Gasteiger partial charge in [-0.05, 0) is 49.4 Å². The van der Waals surface area contributed by atoms with Crippen LogP contribution >= 0.6 is 11.6 Å². The number of anilines is 1. The molecule has 3 heterocycles. The Morgan fingerprint density at radius 1 is 0.886 bits per heavy atom. The summed E-state index contributed by atoms with van der Waals surface area (Å²) in [5, 5.41) is 3.47. The minimum Gasteiger partial charge on any atom is -0.497 e. The number of nitrogens with one attached hydrogen (secondary N) is 1. The Kier molecular flexibility index (Phi) is 5.58. The number of aromatic amines is 1. The summed E-state index contributed by atoms with van der Waals surface area (Å²) in [6.07, 6.45) is 3.32. The van der Waals surface area contributed by atoms with Crippen LogP contribution in [0.4, 0.5) is 5.69 Å². The molecule has 0 aliphatic carbocycles. The molecule has 1 N–H and O–H groups in total. The average molecular weight is 488 g/mol. The minimum absolute atomic E-state index is 0.0153. The third-order valence-electron chi connectivity index (χ3n) is 5.75. The SMILES string of the molecule is COc1ccc(N2C(=O)C(c3c(C)[nH]n(-c4cccc(Cl)c4)c3=O)=C([n+]3ccccc3)C2=O)cc1. The van der Waals surface area contributed by atoms with Crippen molar-refractivity contribution < 1.29 is 18.9 Å². The van der Waals surface area contributed by atoms with Gasteiger partial charge in [-0.15, -0.1) is 0 Å². The van der Waals surface area contributed by atoms with E-state index in [2.05, 4.69) is 5.10 Å². The monoisotopic (exact) mass is 487 g/mol. The summed E-state index contributed by atoms with van der Waals surface area (Å²) in [7, 11) is 1.53. The lowest BCUT2D eigenvalue weighted by Gasteiger charge is -2.14. The Labute approximate surface area is 205 Å². The molecule has 2 aromatic heterocycles. The third kappa shape index (κ3) is 3.74. The number of ether oxygens (including phenoxy) is 1. The molecule has 174 valence electrons. The van der Waals surface area contributed by atoms with E-state index in [1.807, 2.05) is 0 Å². The molecule has 4 aromatic rings. The smallest absolute Gasteiger partial charge is 0.331 e. The van der Waals surface area contributed by atoms with Crippen LogP contribution < -0.4 is 19.8 Å². The molecule has 0 spiro atoms. The van der Waals surface area contributed by atoms with Crippen LogP contribution in [0.2, 0.25) is 5.02 Å². The van der Waals surface area contributed by atoms with E-state index in [9.17, 15) is 14.4 Å². The van der Waals surface area contributed by atoms with Crippen molar-refractivity contribution >= 4 is 40.4 Å². The summed E-state index contributed by atoms with van der Waals surface area (Å²) >= 11 is 6.12. The van der Waals surface area contributed by atoms with E-state index < -0.39 is 17.4 Å². The van der Waals surface area contributed by atoms with Crippen molar-refractivity contribution in [2.45, 2.75) is 6.92 Å². The molecule has 0 fully saturated rings. The van der Waals surface area contributed by atoms with Gasteiger partial charge in [0.15, 0.2) is 12.4 Å². The molecule has 0 atom stereocenters. The molecular formula is C26H20ClN4O4+. The first-order valence-corrected chi connectivity index (χ1v) is 11.1. The maximum Gasteiger partial charge on any atom is 0.331 e. The standard InChI is InChI=1S/C26H19ClN4O4/c1-16-21(25(33)31(28-16)19-8-6-7-17(27)15-19)22-23(29-13-4-3-5-14-29)26(34)30(24(22)32)18-9-11-20(35-2)12-10-18/h3-15H,1-2H3/p+1. The van der Waals surface area contributed by atoms with E-state index in [-0.39, 0.29) is 16.8 Å². The maximum atomic E-state index is 13.8. The van der Waals surface area contributed by atoms with Crippen molar-refractivity contribution in [3.63, 3.8) is 0 Å². The highest BCUT2D eigenvalue weighted by Crippen LogP contribution is 2.34. The largest absolute Gasteiger partial charge is 0.497 e. The van der Waals surface area contributed by atoms with Gasteiger partial charge in [0.05, 0.1) is 24.0 Å². The van der Waals surface area contributed by atoms with Crippen LogP contribution in [-0.4, -0.2) is 28.7 Å². The molecule has 5 rings (SSSR count). The predicted molar refractivity (Wildman–Crippen MR) is 131 cm³/mol. The first kappa shape index (κ1) is 22.4. The molecule has 35 heavy (non-hydrogen) atoms. The van der Waals surface area contributed by atoms with Gasteiger partial charge in [0.2, 0.25) is 0 Å². The molecular weight excluding hydrogens is 468 g/mol. The molecule has 2 amide bonds. The Balaban J connectivity index is 1.72. The van der Waals surface area contributed by atoms with Crippen molar-refractivity contribution in [1.29, 1.82) is 0 Å². The zero-order chi connectivity index (χ0) is 24.7. The van der Waals surface area contributed by atoms with E-state index in [1.165, 1.54) is 11.8 Å². The number of carbonyl (C=O) groups is 2. The highest BCUT2D eigenvalue weighted by atomic mass is 35.5. The normalized spacial score (nSPS) is 13.6. The zero-order valence-corrected chi connectivity index (χ0v) is 19.6. The van der Waals surface area contributed by atoms with Crippen LogP contribution in [-0.2, 0) is 9.59 Å². The summed E-state index contributed by atoms with van der Waals surface area (Å²) in [5.74, 6) is -0.547. The Morgan fingerprint density at radius 2 is 1.60 bits per heavy atom. The Hall–Kier alpha value is -4.43. The molecule has 0 saturated carbocycles. The van der Waals surface area contributed by atoms with Gasteiger partial charge in [0, 0.05) is 22.8 Å². The zero-order valence-electron chi connectivity index (χ0n) is 18.9. The summed E-state index contributed by atoms with van der Waals surface area (Å²) in [4.78, 5) is 42.1. The number of hydrogen-bond donors (Lipinski definition) is 1. The van der Waals surface area contributed by atoms with Crippen LogP contribution in [0, 0.1) is 6.92 Å². The van der Waals surface area contributed by atoms with Crippen molar-refractivity contribution in [2.75, 3.05) is 12.0 Å². The molecule has 0 bridgehead atoms. The van der Waals surface area contributed by atoms with Crippen LogP contribution in [0.1, 0.15) is 11.3 Å². The number of benzene rings is 2. The number of aromatic nitrogens is 3. The molecule has 8 nitrogen and oxygen atoms in total. The van der Waals surface area contributed by atoms with E-state index in [0.29, 0.717) is 27.8 Å². The van der Waals surface area contributed by atoms with Gasteiger partial charge < -0.3 is 4.74 Å². The lowest BCUT2D eigenvalue weighted by Crippen LogP contribution is -2.39. The van der Waals surface area contributed by atoms with Crippen molar-refractivity contribution in [2.24, 2.45) is 0 Å². The molecule has 1 aliphatic rings. The first-order chi connectivity index (χ1) is 16.9. The average Bonchev–Trinajstić information content (AvgIpc) is 3.30. The van der Waals surface area contributed by atoms with Gasteiger partial charge >= 0.3 is 5.91 Å². The van der Waals surface area contributed by atoms with Crippen LogP contribution in [0.5, 0.6) is 5.75 Å². The lowest BCUT2D eigenvalue weighted by molar-refractivity contribution is -0.576. The van der Waals surface area contributed by atoms with Gasteiger partial charge in [-0.1, -0.05) is 23.7 Å². The van der Waals surface area contributed by atoms with Crippen molar-refractivity contribution in [1.82, 2.24) is 9.78 Å². The highest BCUT2D eigenvalue weighted by Gasteiger charge is 2.47. The highest BCUT2D eigenvalue weighted by molar-refractivity contribution is 6.53. The number of rotatable bonds is 5. The first-order valence-electron chi connectivity index (χ1n) is 10.7.